The largest absolute Gasteiger partial charge is 0.508 e. The first kappa shape index (κ1) is 15.6. The SMILES string of the molecule is CC1CCC(c2ccc(C(=O)Oc3ccc(O)cc3)cc2)CC1. The lowest BCUT2D eigenvalue weighted by Gasteiger charge is -2.26. The molecule has 0 amide bonds. The van der Waals surface area contributed by atoms with Crippen molar-refractivity contribution in [2.45, 2.75) is 38.5 Å². The fourth-order valence-corrected chi connectivity index (χ4v) is 3.16. The van der Waals surface area contributed by atoms with E-state index in [0.717, 1.165) is 5.92 Å². The second-order valence-electron chi connectivity index (χ2n) is 6.46. The average Bonchev–Trinajstić information content (AvgIpc) is 2.58. The van der Waals surface area contributed by atoms with Gasteiger partial charge in [0.25, 0.3) is 0 Å². The molecule has 2 aromatic carbocycles. The Bertz CT molecular complexity index is 650. The lowest BCUT2D eigenvalue weighted by Crippen LogP contribution is -2.12. The number of carbonyl (C=O) groups excluding carboxylic acids is 1. The van der Waals surface area contributed by atoms with Crippen LogP contribution < -0.4 is 4.74 Å². The summed E-state index contributed by atoms with van der Waals surface area (Å²) in [5.74, 6) is 1.66. The Balaban J connectivity index is 1.64. The Labute approximate surface area is 136 Å². The summed E-state index contributed by atoms with van der Waals surface area (Å²) in [5, 5.41) is 9.24. The van der Waals surface area contributed by atoms with Crippen LogP contribution in [-0.2, 0) is 0 Å². The van der Waals surface area contributed by atoms with Gasteiger partial charge in [-0.15, -0.1) is 0 Å². The quantitative estimate of drug-likeness (QED) is 0.647. The van der Waals surface area contributed by atoms with Crippen LogP contribution in [0.1, 0.15) is 54.4 Å². The lowest BCUT2D eigenvalue weighted by atomic mass is 9.79. The summed E-state index contributed by atoms with van der Waals surface area (Å²) in [6.45, 7) is 2.32. The van der Waals surface area contributed by atoms with Gasteiger partial charge in [0.2, 0.25) is 0 Å². The second kappa shape index (κ2) is 6.86. The molecule has 120 valence electrons. The Morgan fingerprint density at radius 3 is 2.17 bits per heavy atom. The Kier molecular flexibility index (Phi) is 4.65. The van der Waals surface area contributed by atoms with Gasteiger partial charge in [-0.05, 0) is 66.6 Å². The molecule has 0 radical (unpaired) electrons. The van der Waals surface area contributed by atoms with Crippen molar-refractivity contribution >= 4 is 5.97 Å². The first-order chi connectivity index (χ1) is 11.1. The van der Waals surface area contributed by atoms with Crippen LogP contribution in [0, 0.1) is 5.92 Å². The number of rotatable bonds is 3. The maximum absolute atomic E-state index is 12.1. The van der Waals surface area contributed by atoms with Gasteiger partial charge in [-0.25, -0.2) is 4.79 Å². The Morgan fingerprint density at radius 1 is 0.957 bits per heavy atom. The molecular formula is C20H22O3. The number of esters is 1. The first-order valence-corrected chi connectivity index (χ1v) is 8.23. The summed E-state index contributed by atoms with van der Waals surface area (Å²) in [5.41, 5.74) is 1.86. The van der Waals surface area contributed by atoms with E-state index in [1.165, 1.54) is 43.4 Å². The number of hydrogen-bond donors (Lipinski definition) is 1. The zero-order chi connectivity index (χ0) is 16.2. The molecule has 3 heteroatoms. The monoisotopic (exact) mass is 310 g/mol. The molecular weight excluding hydrogens is 288 g/mol. The average molecular weight is 310 g/mol. The van der Waals surface area contributed by atoms with Crippen LogP contribution in [0.25, 0.3) is 0 Å². The number of phenolic OH excluding ortho intramolecular Hbond substituents is 1. The fourth-order valence-electron chi connectivity index (χ4n) is 3.16. The molecule has 1 N–H and O–H groups in total. The van der Waals surface area contributed by atoms with Crippen molar-refractivity contribution in [3.8, 4) is 11.5 Å². The molecule has 1 aliphatic carbocycles. The molecule has 0 aliphatic heterocycles. The van der Waals surface area contributed by atoms with Crippen LogP contribution in [0.15, 0.2) is 48.5 Å². The minimum absolute atomic E-state index is 0.149. The van der Waals surface area contributed by atoms with Gasteiger partial charge >= 0.3 is 5.97 Å². The molecule has 0 aromatic heterocycles. The zero-order valence-corrected chi connectivity index (χ0v) is 13.4. The fraction of sp³-hybridized carbons (Fsp3) is 0.350. The number of hydrogen-bond acceptors (Lipinski definition) is 3. The van der Waals surface area contributed by atoms with Crippen molar-refractivity contribution in [3.63, 3.8) is 0 Å². The van der Waals surface area contributed by atoms with Gasteiger partial charge in [-0.3, -0.25) is 0 Å². The minimum Gasteiger partial charge on any atom is -0.508 e. The second-order valence-corrected chi connectivity index (χ2v) is 6.46. The van der Waals surface area contributed by atoms with E-state index in [4.69, 9.17) is 4.74 Å². The highest BCUT2D eigenvalue weighted by molar-refractivity contribution is 5.91. The summed E-state index contributed by atoms with van der Waals surface area (Å²) in [6, 6.07) is 13.9. The van der Waals surface area contributed by atoms with Gasteiger partial charge in [0.15, 0.2) is 0 Å². The summed E-state index contributed by atoms with van der Waals surface area (Å²) < 4.78 is 5.30. The number of ether oxygens (including phenoxy) is 1. The molecule has 0 atom stereocenters. The third-order valence-electron chi connectivity index (χ3n) is 4.68. The van der Waals surface area contributed by atoms with Crippen LogP contribution in [0.2, 0.25) is 0 Å². The summed E-state index contributed by atoms with van der Waals surface area (Å²) in [4.78, 5) is 12.1. The van der Waals surface area contributed by atoms with Gasteiger partial charge in [-0.2, -0.15) is 0 Å². The normalized spacial score (nSPS) is 20.9. The molecule has 1 saturated carbocycles. The number of carbonyl (C=O) groups is 1. The van der Waals surface area contributed by atoms with Crippen LogP contribution in [0.5, 0.6) is 11.5 Å². The molecule has 2 aromatic rings. The van der Waals surface area contributed by atoms with Crippen molar-refractivity contribution in [2.24, 2.45) is 5.92 Å². The van der Waals surface area contributed by atoms with Gasteiger partial charge < -0.3 is 9.84 Å². The molecule has 23 heavy (non-hydrogen) atoms. The number of aromatic hydroxyl groups is 1. The van der Waals surface area contributed by atoms with E-state index >= 15 is 0 Å². The van der Waals surface area contributed by atoms with Crippen molar-refractivity contribution in [1.82, 2.24) is 0 Å². The van der Waals surface area contributed by atoms with Crippen molar-refractivity contribution in [2.75, 3.05) is 0 Å². The van der Waals surface area contributed by atoms with Crippen LogP contribution >= 0.6 is 0 Å². The van der Waals surface area contributed by atoms with Crippen molar-refractivity contribution in [1.29, 1.82) is 0 Å². The summed E-state index contributed by atoms with van der Waals surface area (Å²) in [7, 11) is 0. The third-order valence-corrected chi connectivity index (χ3v) is 4.68. The van der Waals surface area contributed by atoms with Crippen molar-refractivity contribution in [3.05, 3.63) is 59.7 Å². The topological polar surface area (TPSA) is 46.5 Å². The third kappa shape index (κ3) is 3.92. The van der Waals surface area contributed by atoms with E-state index in [0.29, 0.717) is 17.2 Å². The zero-order valence-electron chi connectivity index (χ0n) is 13.4. The molecule has 0 spiro atoms. The smallest absolute Gasteiger partial charge is 0.343 e. The van der Waals surface area contributed by atoms with E-state index < -0.39 is 0 Å². The Morgan fingerprint density at radius 2 is 1.57 bits per heavy atom. The maximum atomic E-state index is 12.1. The first-order valence-electron chi connectivity index (χ1n) is 8.23. The molecule has 1 fully saturated rings. The minimum atomic E-state index is -0.375. The van der Waals surface area contributed by atoms with E-state index in [9.17, 15) is 9.90 Å². The molecule has 1 aliphatic rings. The molecule has 0 heterocycles. The standard InChI is InChI=1S/C20H22O3/c1-14-2-4-15(5-3-14)16-6-8-17(9-7-16)20(22)23-19-12-10-18(21)11-13-19/h6-15,21H,2-5H2,1H3. The summed E-state index contributed by atoms with van der Waals surface area (Å²) >= 11 is 0. The van der Waals surface area contributed by atoms with Gasteiger partial charge in [0.05, 0.1) is 5.56 Å². The van der Waals surface area contributed by atoms with E-state index in [-0.39, 0.29) is 11.7 Å². The highest BCUT2D eigenvalue weighted by Gasteiger charge is 2.20. The highest BCUT2D eigenvalue weighted by Crippen LogP contribution is 2.35. The van der Waals surface area contributed by atoms with Crippen LogP contribution in [-0.4, -0.2) is 11.1 Å². The molecule has 0 bridgehead atoms. The van der Waals surface area contributed by atoms with Crippen molar-refractivity contribution < 1.29 is 14.6 Å². The van der Waals surface area contributed by atoms with Gasteiger partial charge in [0, 0.05) is 0 Å². The predicted molar refractivity (Wildman–Crippen MR) is 89.9 cm³/mol. The number of phenols is 1. The highest BCUT2D eigenvalue weighted by atomic mass is 16.5. The maximum Gasteiger partial charge on any atom is 0.343 e. The van der Waals surface area contributed by atoms with E-state index in [2.05, 4.69) is 6.92 Å². The van der Waals surface area contributed by atoms with Crippen LogP contribution in [0.4, 0.5) is 0 Å². The Hall–Kier alpha value is -2.29. The molecule has 0 unspecified atom stereocenters. The predicted octanol–water partition coefficient (Wildman–Crippen LogP) is 4.91. The van der Waals surface area contributed by atoms with Gasteiger partial charge in [0.1, 0.15) is 11.5 Å². The molecule has 3 nitrogen and oxygen atoms in total. The molecule has 3 rings (SSSR count). The lowest BCUT2D eigenvalue weighted by molar-refractivity contribution is 0.0734. The van der Waals surface area contributed by atoms with E-state index in [1.54, 1.807) is 12.1 Å². The van der Waals surface area contributed by atoms with Crippen LogP contribution in [0.3, 0.4) is 0 Å². The van der Waals surface area contributed by atoms with E-state index in [1.807, 2.05) is 24.3 Å². The summed E-state index contributed by atoms with van der Waals surface area (Å²) in [6.07, 6.45) is 5.04. The molecule has 0 saturated heterocycles. The number of benzene rings is 2. The van der Waals surface area contributed by atoms with Gasteiger partial charge in [-0.1, -0.05) is 31.9 Å².